The monoisotopic (exact) mass is 578 g/mol. The zero-order valence-electron chi connectivity index (χ0n) is 22.8. The molecule has 3 heterocycles. The Hall–Kier alpha value is -1.08. The van der Waals surface area contributed by atoms with Gasteiger partial charge in [-0.15, -0.1) is 29.9 Å². The molecule has 0 bridgehead atoms. The average Bonchev–Trinajstić information content (AvgIpc) is 3.07. The third-order valence-corrected chi connectivity index (χ3v) is 8.53. The molecule has 3 aliphatic heterocycles. The number of aliphatic hydroxyl groups excluding tert-OH is 3. The fourth-order valence-electron chi connectivity index (χ4n) is 5.58. The molecule has 38 heavy (non-hydrogen) atoms. The van der Waals surface area contributed by atoms with Crippen molar-refractivity contribution >= 4 is 35.4 Å². The second-order valence-electron chi connectivity index (χ2n) is 11.5. The predicted molar refractivity (Wildman–Crippen MR) is 145 cm³/mol. The van der Waals surface area contributed by atoms with Crippen LogP contribution in [-0.4, -0.2) is 111 Å². The summed E-state index contributed by atoms with van der Waals surface area (Å²) in [5.41, 5.74) is -1.58. The van der Waals surface area contributed by atoms with Crippen molar-refractivity contribution in [3.8, 4) is 0 Å². The van der Waals surface area contributed by atoms with Crippen LogP contribution in [0.25, 0.3) is 0 Å². The fourth-order valence-corrected chi connectivity index (χ4v) is 6.47. The van der Waals surface area contributed by atoms with Crippen molar-refractivity contribution < 1.29 is 39.1 Å². The highest BCUT2D eigenvalue weighted by Gasteiger charge is 2.53. The summed E-state index contributed by atoms with van der Waals surface area (Å²) in [7, 11) is 0. The maximum Gasteiger partial charge on any atom is 0.411 e. The molecule has 10 nitrogen and oxygen atoms in total. The molecule has 11 atom stereocenters. The summed E-state index contributed by atoms with van der Waals surface area (Å²) in [5, 5.41) is 33.5. The minimum Gasteiger partial charge on any atom is -0.444 e. The first-order chi connectivity index (χ1) is 17.8. The molecule has 218 valence electrons. The Kier molecular flexibility index (Phi) is 10.8. The highest BCUT2D eigenvalue weighted by atomic mass is 35.5. The number of nitrogens with zero attached hydrogens (tertiary/aromatic N) is 1. The van der Waals surface area contributed by atoms with Crippen LogP contribution in [0, 0.1) is 11.8 Å². The summed E-state index contributed by atoms with van der Waals surface area (Å²) < 4.78 is 17.7. The fraction of sp³-hybridized carbons (Fsp3) is 0.846. The molecule has 2 amide bonds. The van der Waals surface area contributed by atoms with Crippen LogP contribution in [0.4, 0.5) is 4.79 Å². The predicted octanol–water partition coefficient (Wildman–Crippen LogP) is 1.88. The Balaban J connectivity index is 1.88. The molecule has 3 fully saturated rings. The Labute approximate surface area is 234 Å². The van der Waals surface area contributed by atoms with Crippen molar-refractivity contribution in [2.45, 2.75) is 106 Å². The zero-order chi connectivity index (χ0) is 28.4. The van der Waals surface area contributed by atoms with Crippen molar-refractivity contribution in [2.24, 2.45) is 11.8 Å². The van der Waals surface area contributed by atoms with Gasteiger partial charge in [-0.3, -0.25) is 9.69 Å². The SMILES string of the molecule is C=CC[C@@H]1CCO[C@@H]2[C@@H](C1)CN(C(=O)OC(C)(C)C)[C@@H]2C(=O)N[C@H]([C@H](C)Cl)[C@H]1OC(SC)[C@H](O)[C@H](O)C1O. The number of aliphatic hydroxyl groups is 3. The lowest BCUT2D eigenvalue weighted by atomic mass is 9.88. The highest BCUT2D eigenvalue weighted by Crippen LogP contribution is 2.37. The van der Waals surface area contributed by atoms with Gasteiger partial charge in [0.05, 0.1) is 17.5 Å². The summed E-state index contributed by atoms with van der Waals surface area (Å²) in [6.45, 7) is 11.5. The number of halogens is 1. The van der Waals surface area contributed by atoms with Crippen molar-refractivity contribution in [1.29, 1.82) is 0 Å². The number of rotatable bonds is 7. The molecule has 0 aromatic carbocycles. The number of alkyl halides is 1. The number of carbonyl (C=O) groups excluding carboxylic acids is 2. The summed E-state index contributed by atoms with van der Waals surface area (Å²) in [6, 6.07) is -1.92. The van der Waals surface area contributed by atoms with Gasteiger partial charge in [-0.2, -0.15) is 0 Å². The number of likely N-dealkylation sites (tertiary alicyclic amines) is 1. The van der Waals surface area contributed by atoms with E-state index in [9.17, 15) is 24.9 Å². The van der Waals surface area contributed by atoms with Crippen LogP contribution in [0.1, 0.15) is 47.0 Å². The van der Waals surface area contributed by atoms with E-state index in [0.717, 1.165) is 19.3 Å². The first-order valence-corrected chi connectivity index (χ1v) is 14.9. The van der Waals surface area contributed by atoms with Gasteiger partial charge in [-0.05, 0) is 59.1 Å². The number of ether oxygens (including phenoxy) is 3. The smallest absolute Gasteiger partial charge is 0.411 e. The van der Waals surface area contributed by atoms with Gasteiger partial charge >= 0.3 is 6.09 Å². The van der Waals surface area contributed by atoms with Gasteiger partial charge in [0.1, 0.15) is 41.5 Å². The third-order valence-electron chi connectivity index (χ3n) is 7.41. The van der Waals surface area contributed by atoms with Gasteiger partial charge in [-0.1, -0.05) is 6.08 Å². The van der Waals surface area contributed by atoms with E-state index in [2.05, 4.69) is 11.9 Å². The number of hydrogen-bond acceptors (Lipinski definition) is 9. The van der Waals surface area contributed by atoms with E-state index in [1.807, 2.05) is 6.08 Å². The molecule has 2 unspecified atom stereocenters. The summed E-state index contributed by atoms with van der Waals surface area (Å²) in [6.07, 6.45) is -0.525. The van der Waals surface area contributed by atoms with Crippen molar-refractivity contribution in [2.75, 3.05) is 19.4 Å². The molecule has 0 aliphatic carbocycles. The summed E-state index contributed by atoms with van der Waals surface area (Å²) in [4.78, 5) is 28.6. The lowest BCUT2D eigenvalue weighted by Crippen LogP contribution is -2.65. The summed E-state index contributed by atoms with van der Waals surface area (Å²) in [5.74, 6) is -0.255. The lowest BCUT2D eigenvalue weighted by Gasteiger charge is -2.44. The van der Waals surface area contributed by atoms with Crippen LogP contribution in [0.3, 0.4) is 0 Å². The highest BCUT2D eigenvalue weighted by molar-refractivity contribution is 7.99. The molecule has 3 saturated heterocycles. The van der Waals surface area contributed by atoms with Crippen molar-refractivity contribution in [3.05, 3.63) is 12.7 Å². The number of amides is 2. The van der Waals surface area contributed by atoms with E-state index in [1.165, 1.54) is 16.7 Å². The number of allylic oxidation sites excluding steroid dienone is 1. The molecule has 4 N–H and O–H groups in total. The summed E-state index contributed by atoms with van der Waals surface area (Å²) >= 11 is 7.64. The molecule has 0 aromatic heterocycles. The first-order valence-electron chi connectivity index (χ1n) is 13.2. The van der Waals surface area contributed by atoms with Gasteiger partial charge < -0.3 is 34.8 Å². The Morgan fingerprint density at radius 2 is 1.95 bits per heavy atom. The molecule has 3 rings (SSSR count). The van der Waals surface area contributed by atoms with E-state index in [1.54, 1.807) is 34.0 Å². The van der Waals surface area contributed by atoms with Crippen LogP contribution >= 0.6 is 23.4 Å². The normalized spacial score (nSPS) is 37.5. The van der Waals surface area contributed by atoms with Gasteiger partial charge in [0.2, 0.25) is 5.91 Å². The van der Waals surface area contributed by atoms with E-state index in [0.29, 0.717) is 19.1 Å². The van der Waals surface area contributed by atoms with Gasteiger partial charge in [0.15, 0.2) is 0 Å². The Morgan fingerprint density at radius 1 is 1.26 bits per heavy atom. The van der Waals surface area contributed by atoms with Gasteiger partial charge in [0, 0.05) is 19.1 Å². The number of carbonyl (C=O) groups is 2. The van der Waals surface area contributed by atoms with E-state index >= 15 is 0 Å². The Morgan fingerprint density at radius 3 is 2.53 bits per heavy atom. The second kappa shape index (κ2) is 13.1. The Bertz CT molecular complexity index is 841. The minimum atomic E-state index is -1.49. The molecule has 0 spiro atoms. The number of hydrogen-bond donors (Lipinski definition) is 4. The number of fused-ring (bicyclic) bond motifs is 1. The topological polar surface area (TPSA) is 138 Å². The van der Waals surface area contributed by atoms with E-state index in [4.69, 9.17) is 25.8 Å². The second-order valence-corrected chi connectivity index (χ2v) is 13.1. The molecule has 3 aliphatic rings. The van der Waals surface area contributed by atoms with Crippen molar-refractivity contribution in [1.82, 2.24) is 10.2 Å². The van der Waals surface area contributed by atoms with Crippen LogP contribution in [0.15, 0.2) is 12.7 Å². The maximum absolute atomic E-state index is 13.9. The minimum absolute atomic E-state index is 0.0769. The first kappa shape index (κ1) is 31.4. The standard InChI is InChI=1S/C26H43ClN2O8S/c1-7-8-14-9-10-35-21-15(11-14)12-29(25(34)37-26(3,4)5)17(21)23(33)28-16(13(2)27)22-19(31)18(30)20(32)24(36-22)38-6/h7,13-22,24,30-32H,1,8-12H2,2-6H3,(H,28,33)/t13-,14+,15-,16+,17-,18+,19?,20+,21+,22+,24?/m0/s1. The average molecular weight is 579 g/mol. The van der Waals surface area contributed by atoms with Crippen molar-refractivity contribution in [3.63, 3.8) is 0 Å². The molecule has 0 radical (unpaired) electrons. The molecular formula is C26H43ClN2O8S. The van der Waals surface area contributed by atoms with E-state index < -0.39 is 71.0 Å². The van der Waals surface area contributed by atoms with E-state index in [-0.39, 0.29) is 5.92 Å². The third kappa shape index (κ3) is 7.16. The van der Waals surface area contributed by atoms with Crippen LogP contribution in [0.2, 0.25) is 0 Å². The van der Waals surface area contributed by atoms with Crippen LogP contribution in [0.5, 0.6) is 0 Å². The largest absolute Gasteiger partial charge is 0.444 e. The maximum atomic E-state index is 13.9. The molecule has 0 saturated carbocycles. The van der Waals surface area contributed by atoms with Gasteiger partial charge in [0.25, 0.3) is 0 Å². The van der Waals surface area contributed by atoms with Crippen LogP contribution in [-0.2, 0) is 19.0 Å². The molecule has 12 heteroatoms. The number of thioether (sulfide) groups is 1. The molecule has 0 aromatic rings. The molecular weight excluding hydrogens is 536 g/mol. The lowest BCUT2D eigenvalue weighted by molar-refractivity contribution is -0.205. The van der Waals surface area contributed by atoms with Crippen LogP contribution < -0.4 is 5.32 Å². The number of nitrogens with one attached hydrogen (secondary N) is 1. The van der Waals surface area contributed by atoms with Gasteiger partial charge in [-0.25, -0.2) is 4.79 Å². The quantitative estimate of drug-likeness (QED) is 0.263. The zero-order valence-corrected chi connectivity index (χ0v) is 24.4.